The molecule has 0 saturated carbocycles. The average Bonchev–Trinajstić information content (AvgIpc) is 2.68. The van der Waals surface area contributed by atoms with Crippen LogP contribution in [0.4, 0.5) is 0 Å². The maximum Gasteiger partial charge on any atom is 0.223 e. The first kappa shape index (κ1) is 18.5. The van der Waals surface area contributed by atoms with Crippen molar-refractivity contribution in [3.8, 4) is 0 Å². The van der Waals surface area contributed by atoms with Crippen LogP contribution in [0, 0.1) is 5.92 Å². The van der Waals surface area contributed by atoms with E-state index in [4.69, 9.17) is 0 Å². The fourth-order valence-corrected chi connectivity index (χ4v) is 3.60. The molecule has 3 rings (SSSR count). The van der Waals surface area contributed by atoms with Crippen molar-refractivity contribution < 1.29 is 4.79 Å². The second kappa shape index (κ2) is 9.43. The second-order valence-electron chi connectivity index (χ2n) is 7.22. The Balaban J connectivity index is 1.43. The third-order valence-electron chi connectivity index (χ3n) is 4.98. The Morgan fingerprint density at radius 3 is 2.96 bits per heavy atom. The monoisotopic (exact) mass is 352 g/mol. The summed E-state index contributed by atoms with van der Waals surface area (Å²) in [6.07, 6.45) is 9.32. The lowest BCUT2D eigenvalue weighted by atomic mass is 9.93. The Hall–Kier alpha value is -2.27. The third-order valence-corrected chi connectivity index (χ3v) is 4.98. The molecule has 1 saturated heterocycles. The lowest BCUT2D eigenvalue weighted by Crippen LogP contribution is -2.41. The van der Waals surface area contributed by atoms with E-state index >= 15 is 0 Å². The number of carbonyl (C=O) groups is 1. The van der Waals surface area contributed by atoms with Crippen molar-refractivity contribution in [2.45, 2.75) is 32.2 Å². The van der Waals surface area contributed by atoms with Crippen LogP contribution in [-0.2, 0) is 17.8 Å². The first-order chi connectivity index (χ1) is 12.7. The molecule has 1 unspecified atom stereocenters. The first-order valence-electron chi connectivity index (χ1n) is 9.46. The van der Waals surface area contributed by atoms with Crippen LogP contribution in [0.25, 0.3) is 0 Å². The summed E-state index contributed by atoms with van der Waals surface area (Å²) in [5.74, 6) is 0.796. The smallest absolute Gasteiger partial charge is 0.223 e. The van der Waals surface area contributed by atoms with E-state index in [2.05, 4.69) is 38.9 Å². The van der Waals surface area contributed by atoms with Gasteiger partial charge in [0.05, 0.1) is 0 Å². The van der Waals surface area contributed by atoms with Crippen LogP contribution in [0.3, 0.4) is 0 Å². The SMILES string of the molecule is CN(CCC(=O)N1CCCC(Cc2ccccn2)C1)Cc1cccnc1. The van der Waals surface area contributed by atoms with Gasteiger partial charge in [0.25, 0.3) is 0 Å². The van der Waals surface area contributed by atoms with Crippen molar-refractivity contribution in [1.82, 2.24) is 19.8 Å². The highest BCUT2D eigenvalue weighted by atomic mass is 16.2. The van der Waals surface area contributed by atoms with Crippen LogP contribution in [0.2, 0.25) is 0 Å². The van der Waals surface area contributed by atoms with Gasteiger partial charge in [-0.3, -0.25) is 14.8 Å². The number of pyridine rings is 2. The van der Waals surface area contributed by atoms with Crippen molar-refractivity contribution in [3.63, 3.8) is 0 Å². The Labute approximate surface area is 156 Å². The number of nitrogens with zero attached hydrogens (tertiary/aromatic N) is 4. The zero-order chi connectivity index (χ0) is 18.2. The molecule has 5 nitrogen and oxygen atoms in total. The van der Waals surface area contributed by atoms with Crippen molar-refractivity contribution in [3.05, 3.63) is 60.2 Å². The summed E-state index contributed by atoms with van der Waals surface area (Å²) in [5.41, 5.74) is 2.30. The summed E-state index contributed by atoms with van der Waals surface area (Å²) in [5, 5.41) is 0. The maximum atomic E-state index is 12.6. The number of likely N-dealkylation sites (tertiary alicyclic amines) is 1. The van der Waals surface area contributed by atoms with E-state index in [1.807, 2.05) is 30.6 Å². The van der Waals surface area contributed by atoms with Gasteiger partial charge in [-0.25, -0.2) is 0 Å². The van der Waals surface area contributed by atoms with Gasteiger partial charge in [-0.15, -0.1) is 0 Å². The molecule has 138 valence electrons. The van der Waals surface area contributed by atoms with Gasteiger partial charge in [0.2, 0.25) is 5.91 Å². The highest BCUT2D eigenvalue weighted by Gasteiger charge is 2.24. The van der Waals surface area contributed by atoms with Crippen LogP contribution >= 0.6 is 0 Å². The Morgan fingerprint density at radius 2 is 2.19 bits per heavy atom. The minimum atomic E-state index is 0.272. The van der Waals surface area contributed by atoms with Crippen molar-refractivity contribution >= 4 is 5.91 Å². The molecule has 26 heavy (non-hydrogen) atoms. The highest BCUT2D eigenvalue weighted by molar-refractivity contribution is 5.76. The van der Waals surface area contributed by atoms with Gasteiger partial charge in [-0.2, -0.15) is 0 Å². The lowest BCUT2D eigenvalue weighted by Gasteiger charge is -2.33. The van der Waals surface area contributed by atoms with Crippen molar-refractivity contribution in [2.24, 2.45) is 5.92 Å². The van der Waals surface area contributed by atoms with E-state index in [1.54, 1.807) is 6.20 Å². The molecule has 0 aliphatic carbocycles. The van der Waals surface area contributed by atoms with Crippen molar-refractivity contribution in [1.29, 1.82) is 0 Å². The molecule has 2 aromatic rings. The molecule has 0 radical (unpaired) electrons. The molecule has 0 aromatic carbocycles. The van der Waals surface area contributed by atoms with Gasteiger partial charge < -0.3 is 9.80 Å². The molecule has 1 aliphatic rings. The third kappa shape index (κ3) is 5.63. The largest absolute Gasteiger partial charge is 0.342 e. The Bertz CT molecular complexity index is 677. The molecular formula is C21H28N4O. The molecule has 1 amide bonds. The van der Waals surface area contributed by atoms with E-state index in [0.29, 0.717) is 12.3 Å². The van der Waals surface area contributed by atoms with Crippen LogP contribution in [-0.4, -0.2) is 52.4 Å². The standard InChI is InChI=1S/C21H28N4O/c1-24(16-19-6-4-10-22-15-19)13-9-21(26)25-12-5-7-18(17-25)14-20-8-2-3-11-23-20/h2-4,6,8,10-11,15,18H,5,7,9,12-14,16-17H2,1H3. The summed E-state index contributed by atoms with van der Waals surface area (Å²) in [4.78, 5) is 25.4. The van der Waals surface area contributed by atoms with E-state index in [0.717, 1.165) is 44.7 Å². The Morgan fingerprint density at radius 1 is 1.27 bits per heavy atom. The van der Waals surface area contributed by atoms with Gasteiger partial charge in [0, 0.05) is 56.9 Å². The highest BCUT2D eigenvalue weighted by Crippen LogP contribution is 2.20. The molecule has 0 bridgehead atoms. The summed E-state index contributed by atoms with van der Waals surface area (Å²) >= 11 is 0. The van der Waals surface area contributed by atoms with Gasteiger partial charge in [0.15, 0.2) is 0 Å². The number of carbonyl (C=O) groups excluding carboxylic acids is 1. The molecule has 2 aromatic heterocycles. The number of hydrogen-bond acceptors (Lipinski definition) is 4. The summed E-state index contributed by atoms with van der Waals surface area (Å²) in [6.45, 7) is 3.35. The van der Waals surface area contributed by atoms with E-state index in [-0.39, 0.29) is 5.91 Å². The van der Waals surface area contributed by atoms with Gasteiger partial charge >= 0.3 is 0 Å². The molecule has 0 N–H and O–H groups in total. The van der Waals surface area contributed by atoms with E-state index < -0.39 is 0 Å². The average molecular weight is 352 g/mol. The van der Waals surface area contributed by atoms with Crippen LogP contribution in [0.15, 0.2) is 48.9 Å². The minimum absolute atomic E-state index is 0.272. The van der Waals surface area contributed by atoms with E-state index in [1.165, 1.54) is 12.0 Å². The van der Waals surface area contributed by atoms with Crippen LogP contribution in [0.1, 0.15) is 30.5 Å². The summed E-state index contributed by atoms with van der Waals surface area (Å²) in [6, 6.07) is 10.1. The quantitative estimate of drug-likeness (QED) is 0.769. The van der Waals surface area contributed by atoms with Gasteiger partial charge in [-0.1, -0.05) is 12.1 Å². The summed E-state index contributed by atoms with van der Waals surface area (Å²) < 4.78 is 0. The maximum absolute atomic E-state index is 12.6. The number of hydrogen-bond donors (Lipinski definition) is 0. The number of piperidine rings is 1. The fraction of sp³-hybridized carbons (Fsp3) is 0.476. The van der Waals surface area contributed by atoms with Crippen LogP contribution in [0.5, 0.6) is 0 Å². The molecule has 3 heterocycles. The van der Waals surface area contributed by atoms with E-state index in [9.17, 15) is 4.79 Å². The van der Waals surface area contributed by atoms with Crippen molar-refractivity contribution in [2.75, 3.05) is 26.7 Å². The normalized spacial score (nSPS) is 17.5. The number of aromatic nitrogens is 2. The zero-order valence-electron chi connectivity index (χ0n) is 15.6. The predicted molar refractivity (Wildman–Crippen MR) is 102 cm³/mol. The Kier molecular flexibility index (Phi) is 6.72. The fourth-order valence-electron chi connectivity index (χ4n) is 3.60. The molecule has 1 aliphatic heterocycles. The first-order valence-corrected chi connectivity index (χ1v) is 9.46. The molecule has 0 spiro atoms. The van der Waals surface area contributed by atoms with Gasteiger partial charge in [-0.05, 0) is 56.0 Å². The van der Waals surface area contributed by atoms with Gasteiger partial charge in [0.1, 0.15) is 0 Å². The van der Waals surface area contributed by atoms with Crippen LogP contribution < -0.4 is 0 Å². The molecule has 1 fully saturated rings. The topological polar surface area (TPSA) is 49.3 Å². The molecule has 1 atom stereocenters. The number of rotatable bonds is 7. The number of amides is 1. The predicted octanol–water partition coefficient (Wildman–Crippen LogP) is 2.78. The second-order valence-corrected chi connectivity index (χ2v) is 7.22. The zero-order valence-corrected chi connectivity index (χ0v) is 15.6. The molecule has 5 heteroatoms. The minimum Gasteiger partial charge on any atom is -0.342 e. The lowest BCUT2D eigenvalue weighted by molar-refractivity contribution is -0.133. The molecular weight excluding hydrogens is 324 g/mol. The summed E-state index contributed by atoms with van der Waals surface area (Å²) in [7, 11) is 2.06.